The first-order valence-electron chi connectivity index (χ1n) is 9.53. The van der Waals surface area contributed by atoms with E-state index in [1.807, 2.05) is 6.07 Å². The van der Waals surface area contributed by atoms with Crippen LogP contribution >= 0.6 is 39.1 Å². The molecule has 2 N–H and O–H groups in total. The molecule has 1 aromatic heterocycles. The first-order chi connectivity index (χ1) is 15.8. The predicted octanol–water partition coefficient (Wildman–Crippen LogP) is 6.81. The van der Waals surface area contributed by atoms with Gasteiger partial charge in [-0.1, -0.05) is 51.3 Å². The number of anilines is 3. The van der Waals surface area contributed by atoms with E-state index in [1.54, 1.807) is 55.5 Å². The number of hydrogen-bond acceptors (Lipinski definition) is 6. The Labute approximate surface area is 208 Å². The Bertz CT molecular complexity index is 1280. The van der Waals surface area contributed by atoms with Crippen LogP contribution in [0, 0.1) is 11.3 Å². The molecule has 0 saturated heterocycles. The first kappa shape index (κ1) is 24.4. The molecule has 0 bridgehead atoms. The predicted molar refractivity (Wildman–Crippen MR) is 131 cm³/mol. The summed E-state index contributed by atoms with van der Waals surface area (Å²) in [4.78, 5) is 25.1. The zero-order valence-corrected chi connectivity index (χ0v) is 20.2. The number of benzene rings is 2. The summed E-state index contributed by atoms with van der Waals surface area (Å²) < 4.78 is 11.5. The Kier molecular flexibility index (Phi) is 8.17. The van der Waals surface area contributed by atoms with Crippen molar-refractivity contribution in [1.82, 2.24) is 0 Å². The van der Waals surface area contributed by atoms with Gasteiger partial charge in [-0.2, -0.15) is 5.26 Å². The highest BCUT2D eigenvalue weighted by Crippen LogP contribution is 2.36. The molecule has 10 heteroatoms. The van der Waals surface area contributed by atoms with Crippen molar-refractivity contribution in [3.63, 3.8) is 0 Å². The van der Waals surface area contributed by atoms with Gasteiger partial charge in [-0.3, -0.25) is 4.79 Å². The number of carbonyl (C=O) groups is 2. The maximum absolute atomic E-state index is 12.6. The number of rotatable bonds is 7. The highest BCUT2D eigenvalue weighted by Gasteiger charge is 2.26. The molecule has 0 saturated carbocycles. The van der Waals surface area contributed by atoms with Crippen LogP contribution in [0.3, 0.4) is 0 Å². The number of furan rings is 1. The van der Waals surface area contributed by atoms with E-state index in [0.29, 0.717) is 16.4 Å². The number of esters is 1. The van der Waals surface area contributed by atoms with E-state index >= 15 is 0 Å². The van der Waals surface area contributed by atoms with Gasteiger partial charge < -0.3 is 19.8 Å². The Morgan fingerprint density at radius 3 is 2.58 bits per heavy atom. The van der Waals surface area contributed by atoms with Crippen LogP contribution < -0.4 is 10.6 Å². The molecule has 1 amide bonds. The van der Waals surface area contributed by atoms with E-state index in [9.17, 15) is 14.9 Å². The summed E-state index contributed by atoms with van der Waals surface area (Å²) in [5, 5.41) is 15.4. The van der Waals surface area contributed by atoms with Crippen molar-refractivity contribution in [3.05, 3.63) is 79.9 Å². The third-order valence-electron chi connectivity index (χ3n) is 4.16. The lowest BCUT2D eigenvalue weighted by Crippen LogP contribution is -2.13. The monoisotopic (exact) mass is 547 g/mol. The average molecular weight is 549 g/mol. The highest BCUT2D eigenvalue weighted by molar-refractivity contribution is 9.10. The van der Waals surface area contributed by atoms with Gasteiger partial charge in [0.15, 0.2) is 5.76 Å². The summed E-state index contributed by atoms with van der Waals surface area (Å²) in [6, 6.07) is 15.4. The van der Waals surface area contributed by atoms with E-state index in [4.69, 9.17) is 32.4 Å². The molecule has 2 aromatic carbocycles. The van der Waals surface area contributed by atoms with Crippen LogP contribution in [0.15, 0.2) is 63.0 Å². The number of ether oxygens (including phenoxy) is 1. The van der Waals surface area contributed by atoms with E-state index in [-0.39, 0.29) is 34.4 Å². The molecule has 3 aromatic rings. The zero-order chi connectivity index (χ0) is 24.0. The molecule has 0 atom stereocenters. The molecule has 0 unspecified atom stereocenters. The minimum Gasteiger partial charge on any atom is -0.462 e. The fourth-order valence-electron chi connectivity index (χ4n) is 2.74. The lowest BCUT2D eigenvalue weighted by Gasteiger charge is -2.06. The van der Waals surface area contributed by atoms with Crippen molar-refractivity contribution in [2.24, 2.45) is 0 Å². The second kappa shape index (κ2) is 11.1. The van der Waals surface area contributed by atoms with Gasteiger partial charge >= 0.3 is 5.97 Å². The van der Waals surface area contributed by atoms with Gasteiger partial charge in [0, 0.05) is 26.9 Å². The lowest BCUT2D eigenvalue weighted by molar-refractivity contribution is -0.112. The molecule has 33 heavy (non-hydrogen) atoms. The van der Waals surface area contributed by atoms with Crippen molar-refractivity contribution in [1.29, 1.82) is 5.26 Å². The highest BCUT2D eigenvalue weighted by atomic mass is 79.9. The second-order valence-corrected chi connectivity index (χ2v) is 8.20. The van der Waals surface area contributed by atoms with Gasteiger partial charge in [0.1, 0.15) is 22.2 Å². The van der Waals surface area contributed by atoms with Gasteiger partial charge in [0.05, 0.1) is 6.61 Å². The fraction of sp³-hybridized carbons (Fsp3) is 0.0870. The molecular formula is C23H16BrCl2N3O4. The van der Waals surface area contributed by atoms with Crippen LogP contribution in [-0.4, -0.2) is 18.5 Å². The molecule has 7 nitrogen and oxygen atoms in total. The Balaban J connectivity index is 1.98. The number of hydrogen-bond donors (Lipinski definition) is 2. The van der Waals surface area contributed by atoms with Crippen LogP contribution in [0.4, 0.5) is 17.3 Å². The van der Waals surface area contributed by atoms with Crippen molar-refractivity contribution in [3.8, 4) is 6.07 Å². The molecular weight excluding hydrogens is 533 g/mol. The van der Waals surface area contributed by atoms with Gasteiger partial charge in [-0.25, -0.2) is 4.79 Å². The van der Waals surface area contributed by atoms with Crippen LogP contribution in [0.2, 0.25) is 10.0 Å². The van der Waals surface area contributed by atoms with Crippen molar-refractivity contribution >= 4 is 74.3 Å². The normalized spacial score (nSPS) is 10.9. The van der Waals surface area contributed by atoms with Crippen LogP contribution in [0.1, 0.15) is 23.0 Å². The van der Waals surface area contributed by atoms with Gasteiger partial charge in [0.25, 0.3) is 5.91 Å². The minimum atomic E-state index is -0.729. The van der Waals surface area contributed by atoms with Gasteiger partial charge in [-0.15, -0.1) is 0 Å². The summed E-state index contributed by atoms with van der Waals surface area (Å²) in [5.74, 6) is -1.49. The maximum atomic E-state index is 12.6. The second-order valence-electron chi connectivity index (χ2n) is 6.47. The molecule has 3 rings (SSSR count). The van der Waals surface area contributed by atoms with Crippen molar-refractivity contribution in [2.45, 2.75) is 6.92 Å². The first-order valence-corrected chi connectivity index (χ1v) is 11.1. The number of nitrogens with zero attached hydrogens (tertiary/aromatic N) is 1. The average Bonchev–Trinajstić information content (AvgIpc) is 3.06. The molecule has 0 fully saturated rings. The molecule has 0 radical (unpaired) electrons. The number of amides is 1. The standard InChI is InChI=1S/C23H16BrCl2N3O4/c1-2-32-23(31)19-20(26)18(33-22(19)29-17-8-4-6-15(25)11-17)9-13(12-27)21(30)28-16-7-3-5-14(24)10-16/h3-11,29H,2H2,1H3,(H,28,30)/b13-9+. The number of nitrogens with one attached hydrogen (secondary N) is 2. The summed E-state index contributed by atoms with van der Waals surface area (Å²) in [7, 11) is 0. The summed E-state index contributed by atoms with van der Waals surface area (Å²) >= 11 is 15.7. The molecule has 168 valence electrons. The number of carbonyl (C=O) groups excluding carboxylic acids is 2. The SMILES string of the molecule is CCOC(=O)c1c(Nc2cccc(Cl)c2)oc(/C=C(\C#N)C(=O)Nc2cccc(Br)c2)c1Cl. The van der Waals surface area contributed by atoms with Crippen molar-refractivity contribution < 1.29 is 18.7 Å². The molecule has 0 spiro atoms. The van der Waals surface area contributed by atoms with Gasteiger partial charge in [0.2, 0.25) is 5.88 Å². The smallest absolute Gasteiger partial charge is 0.345 e. The molecule has 0 aliphatic heterocycles. The third kappa shape index (κ3) is 6.17. The largest absolute Gasteiger partial charge is 0.462 e. The summed E-state index contributed by atoms with van der Waals surface area (Å²) in [6.07, 6.45) is 1.15. The minimum absolute atomic E-state index is 0.0170. The van der Waals surface area contributed by atoms with Gasteiger partial charge in [-0.05, 0) is 43.3 Å². The topological polar surface area (TPSA) is 104 Å². The van der Waals surface area contributed by atoms with Crippen LogP contribution in [0.25, 0.3) is 6.08 Å². The summed E-state index contributed by atoms with van der Waals surface area (Å²) in [6.45, 7) is 1.76. The fourth-order valence-corrected chi connectivity index (χ4v) is 3.58. The van der Waals surface area contributed by atoms with E-state index < -0.39 is 11.9 Å². The quantitative estimate of drug-likeness (QED) is 0.191. The molecule has 0 aliphatic carbocycles. The Morgan fingerprint density at radius 1 is 1.18 bits per heavy atom. The molecule has 0 aliphatic rings. The molecule has 1 heterocycles. The zero-order valence-electron chi connectivity index (χ0n) is 17.1. The maximum Gasteiger partial charge on any atom is 0.345 e. The van der Waals surface area contributed by atoms with Crippen LogP contribution in [0.5, 0.6) is 0 Å². The Morgan fingerprint density at radius 2 is 1.91 bits per heavy atom. The van der Waals surface area contributed by atoms with E-state index in [0.717, 1.165) is 10.5 Å². The lowest BCUT2D eigenvalue weighted by atomic mass is 10.2. The summed E-state index contributed by atoms with van der Waals surface area (Å²) in [5.41, 5.74) is 0.656. The van der Waals surface area contributed by atoms with E-state index in [2.05, 4.69) is 26.6 Å². The number of halogens is 3. The van der Waals surface area contributed by atoms with Crippen LogP contribution in [-0.2, 0) is 9.53 Å². The van der Waals surface area contributed by atoms with E-state index in [1.165, 1.54) is 0 Å². The van der Waals surface area contributed by atoms with Crippen molar-refractivity contribution in [2.75, 3.05) is 17.2 Å². The Hall–Kier alpha value is -3.25. The third-order valence-corrected chi connectivity index (χ3v) is 5.26. The number of nitriles is 1.